The van der Waals surface area contributed by atoms with Crippen LogP contribution in [0.4, 0.5) is 0 Å². The quantitative estimate of drug-likeness (QED) is 0.863. The number of primary amides is 1. The Morgan fingerprint density at radius 3 is 2.19 bits per heavy atom. The number of nitrogens with zero attached hydrogens (tertiary/aromatic N) is 1. The van der Waals surface area contributed by atoms with Crippen molar-refractivity contribution in [1.29, 1.82) is 0 Å². The van der Waals surface area contributed by atoms with Crippen molar-refractivity contribution in [3.05, 3.63) is 58.9 Å². The Balaban J connectivity index is 2.35. The van der Waals surface area contributed by atoms with E-state index in [0.29, 0.717) is 5.56 Å². The van der Waals surface area contributed by atoms with Crippen LogP contribution in [0.5, 0.6) is 0 Å². The molecule has 26 heavy (non-hydrogen) atoms. The van der Waals surface area contributed by atoms with Crippen LogP contribution in [0.25, 0.3) is 0 Å². The average Bonchev–Trinajstić information content (AvgIpc) is 2.86. The Morgan fingerprint density at radius 1 is 1.12 bits per heavy atom. The fourth-order valence-corrected chi connectivity index (χ4v) is 3.41. The van der Waals surface area contributed by atoms with Gasteiger partial charge in [0.05, 0.1) is 11.6 Å². The summed E-state index contributed by atoms with van der Waals surface area (Å²) in [6.07, 6.45) is 0. The molecule has 0 aliphatic carbocycles. The highest BCUT2D eigenvalue weighted by Gasteiger charge is 2.32. The molecule has 1 heterocycles. The molecule has 1 aromatic carbocycles. The Labute approximate surface area is 155 Å². The number of nitrogens with one attached hydrogen (secondary N) is 1. The van der Waals surface area contributed by atoms with Gasteiger partial charge in [-0.05, 0) is 37.8 Å². The van der Waals surface area contributed by atoms with Crippen molar-refractivity contribution in [2.24, 2.45) is 11.1 Å². The maximum atomic E-state index is 12.8. The zero-order chi connectivity index (χ0) is 19.6. The SMILES string of the molecule is Cc1cc(C(=O)N[C@H](C(N)=O)C(C)(C)C)c(C)n1C(C)c1ccccc1. The Hall–Kier alpha value is -2.56. The lowest BCUT2D eigenvalue weighted by atomic mass is 9.86. The summed E-state index contributed by atoms with van der Waals surface area (Å²) in [6, 6.07) is 11.4. The van der Waals surface area contributed by atoms with Crippen molar-refractivity contribution in [2.75, 3.05) is 0 Å². The van der Waals surface area contributed by atoms with Gasteiger partial charge < -0.3 is 15.6 Å². The van der Waals surface area contributed by atoms with E-state index in [4.69, 9.17) is 5.73 Å². The number of aryl methyl sites for hydroxylation is 1. The van der Waals surface area contributed by atoms with Crippen LogP contribution >= 0.6 is 0 Å². The van der Waals surface area contributed by atoms with E-state index in [1.165, 1.54) is 5.56 Å². The summed E-state index contributed by atoms with van der Waals surface area (Å²) in [5, 5.41) is 2.81. The molecule has 5 heteroatoms. The zero-order valence-electron chi connectivity index (χ0n) is 16.5. The average molecular weight is 355 g/mol. The van der Waals surface area contributed by atoms with E-state index < -0.39 is 17.4 Å². The molecule has 0 aliphatic heterocycles. The van der Waals surface area contributed by atoms with Crippen LogP contribution in [-0.2, 0) is 4.79 Å². The maximum Gasteiger partial charge on any atom is 0.253 e. The maximum absolute atomic E-state index is 12.8. The van der Waals surface area contributed by atoms with Gasteiger partial charge in [-0.3, -0.25) is 9.59 Å². The molecule has 0 aliphatic rings. The van der Waals surface area contributed by atoms with E-state index in [2.05, 4.69) is 28.9 Å². The second-order valence-electron chi connectivity index (χ2n) is 7.92. The summed E-state index contributed by atoms with van der Waals surface area (Å²) in [7, 11) is 0. The first-order valence-corrected chi connectivity index (χ1v) is 8.87. The Morgan fingerprint density at radius 2 is 1.69 bits per heavy atom. The van der Waals surface area contributed by atoms with Crippen molar-refractivity contribution in [2.45, 2.75) is 53.6 Å². The molecule has 0 saturated carbocycles. The molecule has 2 amide bonds. The van der Waals surface area contributed by atoms with Gasteiger partial charge in [-0.2, -0.15) is 0 Å². The second kappa shape index (κ2) is 7.36. The number of hydrogen-bond acceptors (Lipinski definition) is 2. The molecule has 1 aromatic heterocycles. The lowest BCUT2D eigenvalue weighted by Crippen LogP contribution is -2.52. The van der Waals surface area contributed by atoms with Crippen LogP contribution in [0.15, 0.2) is 36.4 Å². The molecular weight excluding hydrogens is 326 g/mol. The molecule has 5 nitrogen and oxygen atoms in total. The van der Waals surface area contributed by atoms with E-state index in [1.807, 2.05) is 58.9 Å². The van der Waals surface area contributed by atoms with Gasteiger partial charge in [-0.25, -0.2) is 0 Å². The number of aromatic nitrogens is 1. The molecule has 140 valence electrons. The molecule has 2 atom stereocenters. The molecule has 2 rings (SSSR count). The van der Waals surface area contributed by atoms with Crippen LogP contribution in [0.2, 0.25) is 0 Å². The third-order valence-electron chi connectivity index (χ3n) is 4.82. The smallest absolute Gasteiger partial charge is 0.253 e. The minimum Gasteiger partial charge on any atom is -0.368 e. The van der Waals surface area contributed by atoms with Crippen LogP contribution < -0.4 is 11.1 Å². The molecule has 0 bridgehead atoms. The number of amides is 2. The highest BCUT2D eigenvalue weighted by atomic mass is 16.2. The molecule has 1 unspecified atom stereocenters. The molecule has 3 N–H and O–H groups in total. The number of nitrogens with two attached hydrogens (primary N) is 1. The third kappa shape index (κ3) is 3.98. The van der Waals surface area contributed by atoms with E-state index in [9.17, 15) is 9.59 Å². The van der Waals surface area contributed by atoms with Crippen molar-refractivity contribution in [3.8, 4) is 0 Å². The summed E-state index contributed by atoms with van der Waals surface area (Å²) in [4.78, 5) is 24.6. The normalized spacial score (nSPS) is 13.9. The van der Waals surface area contributed by atoms with Crippen LogP contribution in [-0.4, -0.2) is 22.4 Å². The summed E-state index contributed by atoms with van der Waals surface area (Å²) in [5.74, 6) is -0.805. The third-order valence-corrected chi connectivity index (χ3v) is 4.82. The second-order valence-corrected chi connectivity index (χ2v) is 7.92. The van der Waals surface area contributed by atoms with E-state index in [1.54, 1.807) is 0 Å². The topological polar surface area (TPSA) is 77.1 Å². The highest BCUT2D eigenvalue weighted by molar-refractivity contribution is 5.98. The Kier molecular flexibility index (Phi) is 5.59. The summed E-state index contributed by atoms with van der Waals surface area (Å²) in [5.41, 5.74) is 8.64. The van der Waals surface area contributed by atoms with Crippen molar-refractivity contribution in [1.82, 2.24) is 9.88 Å². The summed E-state index contributed by atoms with van der Waals surface area (Å²) < 4.78 is 2.14. The van der Waals surface area contributed by atoms with E-state index >= 15 is 0 Å². The van der Waals surface area contributed by atoms with Gasteiger partial charge in [0.15, 0.2) is 0 Å². The lowest BCUT2D eigenvalue weighted by molar-refractivity contribution is -0.122. The van der Waals surface area contributed by atoms with Gasteiger partial charge in [-0.1, -0.05) is 51.1 Å². The zero-order valence-corrected chi connectivity index (χ0v) is 16.5. The van der Waals surface area contributed by atoms with E-state index in [-0.39, 0.29) is 11.9 Å². The minimum absolute atomic E-state index is 0.104. The number of hydrogen-bond donors (Lipinski definition) is 2. The van der Waals surface area contributed by atoms with Gasteiger partial charge in [0, 0.05) is 11.4 Å². The standard InChI is InChI=1S/C21H29N3O2/c1-13-12-17(20(26)23-18(19(22)25)21(4,5)6)15(3)24(13)14(2)16-10-8-7-9-11-16/h7-12,14,18H,1-6H3,(H2,22,25)(H,23,26)/t14?,18-/m1/s1. The number of benzene rings is 1. The first-order chi connectivity index (χ1) is 12.0. The lowest BCUT2D eigenvalue weighted by Gasteiger charge is -2.28. The van der Waals surface area contributed by atoms with Gasteiger partial charge in [0.2, 0.25) is 5.91 Å². The number of carbonyl (C=O) groups excluding carboxylic acids is 2. The first-order valence-electron chi connectivity index (χ1n) is 8.87. The molecule has 0 radical (unpaired) electrons. The minimum atomic E-state index is -0.732. The largest absolute Gasteiger partial charge is 0.368 e. The molecule has 2 aromatic rings. The molecule has 0 fully saturated rings. The van der Waals surface area contributed by atoms with Gasteiger partial charge in [-0.15, -0.1) is 0 Å². The highest BCUT2D eigenvalue weighted by Crippen LogP contribution is 2.26. The predicted octanol–water partition coefficient (Wildman–Crippen LogP) is 3.34. The van der Waals surface area contributed by atoms with Crippen molar-refractivity contribution >= 4 is 11.8 Å². The van der Waals surface area contributed by atoms with Gasteiger partial charge in [0.1, 0.15) is 6.04 Å². The Bertz CT molecular complexity index is 801. The molecular formula is C21H29N3O2. The van der Waals surface area contributed by atoms with Gasteiger partial charge in [0.25, 0.3) is 5.91 Å². The monoisotopic (exact) mass is 355 g/mol. The van der Waals surface area contributed by atoms with Gasteiger partial charge >= 0.3 is 0 Å². The molecule has 0 spiro atoms. The van der Waals surface area contributed by atoms with Crippen LogP contribution in [0.1, 0.15) is 61.0 Å². The fourth-order valence-electron chi connectivity index (χ4n) is 3.41. The summed E-state index contributed by atoms with van der Waals surface area (Å²) >= 11 is 0. The van der Waals surface area contributed by atoms with E-state index in [0.717, 1.165) is 11.4 Å². The van der Waals surface area contributed by atoms with Crippen LogP contribution in [0.3, 0.4) is 0 Å². The fraction of sp³-hybridized carbons (Fsp3) is 0.429. The predicted molar refractivity (Wildman–Crippen MR) is 104 cm³/mol. The summed E-state index contributed by atoms with van der Waals surface area (Å²) in [6.45, 7) is 11.7. The number of carbonyl (C=O) groups is 2. The van der Waals surface area contributed by atoms with Crippen molar-refractivity contribution < 1.29 is 9.59 Å². The van der Waals surface area contributed by atoms with Crippen LogP contribution in [0, 0.1) is 19.3 Å². The first kappa shape index (κ1) is 19.8. The van der Waals surface area contributed by atoms with Crippen molar-refractivity contribution in [3.63, 3.8) is 0 Å². The molecule has 0 saturated heterocycles. The number of rotatable bonds is 5.